The Kier molecular flexibility index (Phi) is 8.34. The molecule has 0 aliphatic heterocycles. The first kappa shape index (κ1) is 21.9. The van der Waals surface area contributed by atoms with Crippen LogP contribution in [-0.4, -0.2) is 18.0 Å². The van der Waals surface area contributed by atoms with E-state index in [0.717, 1.165) is 23.2 Å². The van der Waals surface area contributed by atoms with Gasteiger partial charge in [0.1, 0.15) is 5.01 Å². The van der Waals surface area contributed by atoms with Gasteiger partial charge in [-0.25, -0.2) is 4.98 Å². The molecule has 0 fully saturated rings. The second kappa shape index (κ2) is 9.52. The van der Waals surface area contributed by atoms with Gasteiger partial charge in [0.25, 0.3) is 0 Å². The number of aliphatic imine (C=N–C) groups is 1. The van der Waals surface area contributed by atoms with Crippen LogP contribution in [0.2, 0.25) is 0 Å². The van der Waals surface area contributed by atoms with E-state index in [4.69, 9.17) is 0 Å². The van der Waals surface area contributed by atoms with Crippen LogP contribution in [0.15, 0.2) is 29.3 Å². The summed E-state index contributed by atoms with van der Waals surface area (Å²) >= 11 is 1.73. The molecule has 0 amide bonds. The molecule has 138 valence electrons. The molecule has 1 aromatic heterocycles. The van der Waals surface area contributed by atoms with Crippen LogP contribution in [0.25, 0.3) is 0 Å². The third kappa shape index (κ3) is 6.58. The number of aromatic nitrogens is 1. The Hall–Kier alpha value is -1.15. The highest BCUT2D eigenvalue weighted by atomic mass is 127. The van der Waals surface area contributed by atoms with E-state index < -0.39 is 0 Å². The Morgan fingerprint density at radius 3 is 2.16 bits per heavy atom. The number of aryl methyl sites for hydroxylation is 2. The van der Waals surface area contributed by atoms with Gasteiger partial charge in [-0.1, -0.05) is 45.0 Å². The van der Waals surface area contributed by atoms with Crippen molar-refractivity contribution < 1.29 is 0 Å². The molecule has 0 bridgehead atoms. The van der Waals surface area contributed by atoms with Crippen LogP contribution < -0.4 is 10.6 Å². The van der Waals surface area contributed by atoms with Crippen molar-refractivity contribution in [2.24, 2.45) is 4.99 Å². The summed E-state index contributed by atoms with van der Waals surface area (Å²) in [6, 6.07) is 8.76. The van der Waals surface area contributed by atoms with E-state index in [9.17, 15) is 0 Å². The third-order valence-corrected chi connectivity index (χ3v) is 5.06. The molecule has 4 nitrogen and oxygen atoms in total. The Labute approximate surface area is 172 Å². The Bertz CT molecular complexity index is 680. The van der Waals surface area contributed by atoms with Crippen LogP contribution in [0.3, 0.4) is 0 Å². The first-order valence-electron chi connectivity index (χ1n) is 8.26. The van der Waals surface area contributed by atoms with Gasteiger partial charge in [-0.2, -0.15) is 0 Å². The van der Waals surface area contributed by atoms with E-state index in [2.05, 4.69) is 72.6 Å². The molecule has 0 aliphatic carbocycles. The second-order valence-corrected chi connectivity index (χ2v) is 8.26. The lowest BCUT2D eigenvalue weighted by Gasteiger charge is -2.19. The average Bonchev–Trinajstić information content (AvgIpc) is 2.85. The molecule has 0 saturated carbocycles. The van der Waals surface area contributed by atoms with Gasteiger partial charge >= 0.3 is 0 Å². The van der Waals surface area contributed by atoms with Crippen LogP contribution in [0.4, 0.5) is 0 Å². The van der Waals surface area contributed by atoms with Gasteiger partial charge in [-0.15, -0.1) is 35.3 Å². The van der Waals surface area contributed by atoms with Crippen LogP contribution in [0, 0.1) is 13.8 Å². The zero-order valence-corrected chi connectivity index (χ0v) is 19.1. The van der Waals surface area contributed by atoms with Crippen LogP contribution in [0.1, 0.15) is 47.5 Å². The van der Waals surface area contributed by atoms with Gasteiger partial charge in [0.05, 0.1) is 12.2 Å². The van der Waals surface area contributed by atoms with Crippen molar-refractivity contribution in [3.05, 3.63) is 51.0 Å². The molecule has 0 aliphatic rings. The zero-order chi connectivity index (χ0) is 17.7. The largest absolute Gasteiger partial charge is 0.352 e. The molecule has 1 heterocycles. The molecule has 0 atom stereocenters. The maximum atomic E-state index is 4.54. The molecular weight excluding hydrogens is 443 g/mol. The molecular formula is C19H29IN4S. The fourth-order valence-corrected chi connectivity index (χ4v) is 3.18. The number of rotatable bonds is 4. The molecule has 0 unspecified atom stereocenters. The van der Waals surface area contributed by atoms with Gasteiger partial charge in [0, 0.05) is 18.5 Å². The summed E-state index contributed by atoms with van der Waals surface area (Å²) in [7, 11) is 1.79. The van der Waals surface area contributed by atoms with Gasteiger partial charge in [-0.3, -0.25) is 4.99 Å². The van der Waals surface area contributed by atoms with E-state index in [1.54, 1.807) is 18.4 Å². The molecule has 2 aromatic rings. The van der Waals surface area contributed by atoms with E-state index in [0.29, 0.717) is 6.54 Å². The van der Waals surface area contributed by atoms with Crippen molar-refractivity contribution in [2.75, 3.05) is 7.05 Å². The summed E-state index contributed by atoms with van der Waals surface area (Å²) in [6.45, 7) is 12.3. The highest BCUT2D eigenvalue weighted by Crippen LogP contribution is 2.22. The monoisotopic (exact) mass is 472 g/mol. The fourth-order valence-electron chi connectivity index (χ4n) is 2.30. The minimum absolute atomic E-state index is 0. The summed E-state index contributed by atoms with van der Waals surface area (Å²) in [5, 5.41) is 7.76. The first-order valence-corrected chi connectivity index (χ1v) is 9.08. The SMILES string of the molecule is CN=C(NCc1ccc(C(C)(C)C)cc1)NCc1nc(C)c(C)s1.I. The first-order chi connectivity index (χ1) is 11.3. The molecule has 0 spiro atoms. The van der Waals surface area contributed by atoms with Crippen molar-refractivity contribution in [1.29, 1.82) is 0 Å². The van der Waals surface area contributed by atoms with E-state index >= 15 is 0 Å². The Balaban J connectivity index is 0.00000312. The topological polar surface area (TPSA) is 49.3 Å². The number of hydrogen-bond donors (Lipinski definition) is 2. The smallest absolute Gasteiger partial charge is 0.191 e. The number of thiazole rings is 1. The number of halogens is 1. The fraction of sp³-hybridized carbons (Fsp3) is 0.474. The highest BCUT2D eigenvalue weighted by Gasteiger charge is 2.12. The predicted molar refractivity (Wildman–Crippen MR) is 119 cm³/mol. The number of guanidine groups is 1. The van der Waals surface area contributed by atoms with Crippen molar-refractivity contribution in [3.63, 3.8) is 0 Å². The molecule has 2 rings (SSSR count). The Morgan fingerprint density at radius 2 is 1.68 bits per heavy atom. The minimum Gasteiger partial charge on any atom is -0.352 e. The number of nitrogens with one attached hydrogen (secondary N) is 2. The number of hydrogen-bond acceptors (Lipinski definition) is 3. The molecule has 2 N–H and O–H groups in total. The van der Waals surface area contributed by atoms with E-state index in [1.807, 2.05) is 6.92 Å². The molecule has 25 heavy (non-hydrogen) atoms. The maximum absolute atomic E-state index is 4.54. The molecule has 1 aromatic carbocycles. The van der Waals surface area contributed by atoms with E-state index in [-0.39, 0.29) is 29.4 Å². The summed E-state index contributed by atoms with van der Waals surface area (Å²) in [5.41, 5.74) is 3.89. The van der Waals surface area contributed by atoms with Crippen molar-refractivity contribution in [1.82, 2.24) is 15.6 Å². The standard InChI is InChI=1S/C19H28N4S.HI/c1-13-14(2)24-17(23-13)12-22-18(20-6)21-11-15-7-9-16(10-8-15)19(3,4)5;/h7-10H,11-12H2,1-6H3,(H2,20,21,22);1H. The average molecular weight is 472 g/mol. The van der Waals surface area contributed by atoms with Crippen molar-refractivity contribution in [3.8, 4) is 0 Å². The van der Waals surface area contributed by atoms with Crippen LogP contribution in [-0.2, 0) is 18.5 Å². The van der Waals surface area contributed by atoms with Gasteiger partial charge in [0.2, 0.25) is 0 Å². The minimum atomic E-state index is 0. The quantitative estimate of drug-likeness (QED) is 0.390. The molecule has 0 radical (unpaired) electrons. The lowest BCUT2D eigenvalue weighted by molar-refractivity contribution is 0.590. The van der Waals surface area contributed by atoms with Crippen molar-refractivity contribution >= 4 is 41.3 Å². The van der Waals surface area contributed by atoms with Crippen LogP contribution >= 0.6 is 35.3 Å². The third-order valence-electron chi connectivity index (χ3n) is 3.98. The molecule has 6 heteroatoms. The molecule has 0 saturated heterocycles. The van der Waals surface area contributed by atoms with Gasteiger partial charge in [-0.05, 0) is 30.4 Å². The second-order valence-electron chi connectivity index (χ2n) is 6.98. The maximum Gasteiger partial charge on any atom is 0.191 e. The van der Waals surface area contributed by atoms with Crippen LogP contribution in [0.5, 0.6) is 0 Å². The normalized spacial score (nSPS) is 11.8. The zero-order valence-electron chi connectivity index (χ0n) is 15.9. The Morgan fingerprint density at radius 1 is 1.08 bits per heavy atom. The summed E-state index contributed by atoms with van der Waals surface area (Å²) in [5.74, 6) is 0.792. The summed E-state index contributed by atoms with van der Waals surface area (Å²) in [4.78, 5) is 10.1. The lowest BCUT2D eigenvalue weighted by atomic mass is 9.87. The number of benzene rings is 1. The number of nitrogens with zero attached hydrogens (tertiary/aromatic N) is 2. The van der Waals surface area contributed by atoms with E-state index in [1.165, 1.54) is 16.0 Å². The summed E-state index contributed by atoms with van der Waals surface area (Å²) in [6.07, 6.45) is 0. The van der Waals surface area contributed by atoms with Gasteiger partial charge in [0.15, 0.2) is 5.96 Å². The van der Waals surface area contributed by atoms with Crippen molar-refractivity contribution in [2.45, 2.75) is 53.1 Å². The highest BCUT2D eigenvalue weighted by molar-refractivity contribution is 14.0. The summed E-state index contributed by atoms with van der Waals surface area (Å²) < 4.78 is 0. The predicted octanol–water partition coefficient (Wildman–Crippen LogP) is 4.54. The van der Waals surface area contributed by atoms with Gasteiger partial charge < -0.3 is 10.6 Å². The lowest BCUT2D eigenvalue weighted by Crippen LogP contribution is -2.36.